The van der Waals surface area contributed by atoms with Crippen LogP contribution in [0.25, 0.3) is 0 Å². The van der Waals surface area contributed by atoms with Crippen molar-refractivity contribution in [1.82, 2.24) is 5.32 Å². The van der Waals surface area contributed by atoms with Gasteiger partial charge in [0.1, 0.15) is 4.88 Å². The summed E-state index contributed by atoms with van der Waals surface area (Å²) in [5.74, 6) is 5.58. The van der Waals surface area contributed by atoms with Crippen molar-refractivity contribution in [2.45, 2.75) is 6.42 Å². The van der Waals surface area contributed by atoms with Crippen molar-refractivity contribution in [3.63, 3.8) is 0 Å². The van der Waals surface area contributed by atoms with E-state index >= 15 is 0 Å². The van der Waals surface area contributed by atoms with Gasteiger partial charge in [0.2, 0.25) is 0 Å². The summed E-state index contributed by atoms with van der Waals surface area (Å²) in [7, 11) is 0. The van der Waals surface area contributed by atoms with Crippen LogP contribution >= 0.6 is 22.9 Å². The molecule has 1 heterocycles. The van der Waals surface area contributed by atoms with E-state index in [9.17, 15) is 4.79 Å². The lowest BCUT2D eigenvalue weighted by atomic mass is 10.1. The van der Waals surface area contributed by atoms with Crippen molar-refractivity contribution in [2.75, 3.05) is 13.1 Å². The fourth-order valence-electron chi connectivity index (χ4n) is 1.78. The summed E-state index contributed by atoms with van der Waals surface area (Å²) in [6, 6.07) is 9.44. The molecule has 1 aromatic heterocycles. The first-order valence-electron chi connectivity index (χ1n) is 6.50. The monoisotopic (exact) mass is 318 g/mol. The zero-order valence-electron chi connectivity index (χ0n) is 11.4. The van der Waals surface area contributed by atoms with Crippen molar-refractivity contribution >= 4 is 28.8 Å². The van der Waals surface area contributed by atoms with Crippen LogP contribution in [0.15, 0.2) is 35.7 Å². The number of amides is 1. The predicted octanol–water partition coefficient (Wildman–Crippen LogP) is 2.68. The summed E-state index contributed by atoms with van der Waals surface area (Å²) in [5, 5.41) is 5.47. The molecule has 1 amide bonds. The molecule has 2 aromatic rings. The molecule has 0 atom stereocenters. The Morgan fingerprint density at radius 2 is 2.05 bits per heavy atom. The zero-order valence-corrected chi connectivity index (χ0v) is 12.9. The Morgan fingerprint density at radius 3 is 2.76 bits per heavy atom. The van der Waals surface area contributed by atoms with Gasteiger partial charge in [-0.05, 0) is 35.6 Å². The molecular formula is C16H15ClN2OS. The van der Waals surface area contributed by atoms with Gasteiger partial charge >= 0.3 is 0 Å². The second-order valence-corrected chi connectivity index (χ2v) is 5.65. The summed E-state index contributed by atoms with van der Waals surface area (Å²) < 4.78 is 0. The van der Waals surface area contributed by atoms with Gasteiger partial charge in [0.25, 0.3) is 5.91 Å². The van der Waals surface area contributed by atoms with Crippen molar-refractivity contribution in [3.8, 4) is 11.8 Å². The standard InChI is InChI=1S/C16H15ClN2OS/c17-14-5-3-12(4-6-14)7-10-19-16(20)15-13(2-1-9-18)8-11-21-15/h3-6,8,11H,7,9-10,18H2,(H,19,20). The number of benzene rings is 1. The van der Waals surface area contributed by atoms with E-state index in [1.165, 1.54) is 11.3 Å². The molecule has 0 saturated heterocycles. The molecule has 0 aliphatic heterocycles. The van der Waals surface area contributed by atoms with E-state index in [0.717, 1.165) is 17.5 Å². The van der Waals surface area contributed by atoms with E-state index in [1.807, 2.05) is 35.7 Å². The molecule has 0 saturated carbocycles. The Balaban J connectivity index is 1.90. The van der Waals surface area contributed by atoms with Gasteiger partial charge < -0.3 is 11.1 Å². The molecule has 1 aromatic carbocycles. The minimum atomic E-state index is -0.0970. The number of hydrogen-bond acceptors (Lipinski definition) is 3. The lowest BCUT2D eigenvalue weighted by Gasteiger charge is -2.04. The molecule has 0 spiro atoms. The summed E-state index contributed by atoms with van der Waals surface area (Å²) in [5.41, 5.74) is 7.21. The Kier molecular flexibility index (Phi) is 5.82. The van der Waals surface area contributed by atoms with Crippen molar-refractivity contribution in [3.05, 3.63) is 56.7 Å². The van der Waals surface area contributed by atoms with Gasteiger partial charge in [0.15, 0.2) is 0 Å². The third kappa shape index (κ3) is 4.61. The van der Waals surface area contributed by atoms with Crippen LogP contribution in [-0.4, -0.2) is 19.0 Å². The molecule has 3 N–H and O–H groups in total. The quantitative estimate of drug-likeness (QED) is 0.852. The average molecular weight is 319 g/mol. The molecule has 21 heavy (non-hydrogen) atoms. The number of thiophene rings is 1. The third-order valence-electron chi connectivity index (χ3n) is 2.81. The lowest BCUT2D eigenvalue weighted by Crippen LogP contribution is -2.25. The van der Waals surface area contributed by atoms with Gasteiger partial charge in [-0.1, -0.05) is 35.6 Å². The Hall–Kier alpha value is -1.80. The minimum Gasteiger partial charge on any atom is -0.351 e. The van der Waals surface area contributed by atoms with Crippen molar-refractivity contribution < 1.29 is 4.79 Å². The van der Waals surface area contributed by atoms with Crippen LogP contribution in [0.3, 0.4) is 0 Å². The Labute approximate surface area is 133 Å². The van der Waals surface area contributed by atoms with Crippen LogP contribution in [0.2, 0.25) is 5.02 Å². The van der Waals surface area contributed by atoms with Gasteiger partial charge in [-0.25, -0.2) is 0 Å². The highest BCUT2D eigenvalue weighted by Gasteiger charge is 2.11. The first-order chi connectivity index (χ1) is 10.2. The van der Waals surface area contributed by atoms with E-state index in [4.69, 9.17) is 17.3 Å². The van der Waals surface area contributed by atoms with Crippen LogP contribution < -0.4 is 11.1 Å². The first-order valence-corrected chi connectivity index (χ1v) is 7.75. The van der Waals surface area contributed by atoms with Gasteiger partial charge in [0.05, 0.1) is 6.54 Å². The van der Waals surface area contributed by atoms with Crippen molar-refractivity contribution in [1.29, 1.82) is 0 Å². The molecule has 0 aliphatic carbocycles. The largest absolute Gasteiger partial charge is 0.351 e. The van der Waals surface area contributed by atoms with Gasteiger partial charge in [0, 0.05) is 17.1 Å². The number of nitrogens with one attached hydrogen (secondary N) is 1. The number of nitrogens with two attached hydrogens (primary N) is 1. The second-order valence-electron chi connectivity index (χ2n) is 4.30. The molecule has 0 unspecified atom stereocenters. The van der Waals surface area contributed by atoms with Crippen LogP contribution in [0, 0.1) is 11.8 Å². The maximum Gasteiger partial charge on any atom is 0.262 e. The molecule has 108 valence electrons. The summed E-state index contributed by atoms with van der Waals surface area (Å²) in [6.07, 6.45) is 0.762. The average Bonchev–Trinajstić information content (AvgIpc) is 2.95. The number of rotatable bonds is 4. The number of carbonyl (C=O) groups is 1. The van der Waals surface area contributed by atoms with Crippen LogP contribution in [-0.2, 0) is 6.42 Å². The molecule has 0 aliphatic rings. The minimum absolute atomic E-state index is 0.0970. The molecule has 0 fully saturated rings. The molecular weight excluding hydrogens is 304 g/mol. The molecule has 0 radical (unpaired) electrons. The Morgan fingerprint density at radius 1 is 1.29 bits per heavy atom. The molecule has 2 rings (SSSR count). The maximum absolute atomic E-state index is 12.1. The topological polar surface area (TPSA) is 55.1 Å². The highest BCUT2D eigenvalue weighted by Crippen LogP contribution is 2.15. The second kappa shape index (κ2) is 7.84. The van der Waals surface area contributed by atoms with E-state index in [2.05, 4.69) is 17.2 Å². The van der Waals surface area contributed by atoms with Crippen molar-refractivity contribution in [2.24, 2.45) is 5.73 Å². The molecule has 0 bridgehead atoms. The highest BCUT2D eigenvalue weighted by molar-refractivity contribution is 7.12. The molecule has 3 nitrogen and oxygen atoms in total. The fraction of sp³-hybridized carbons (Fsp3) is 0.188. The number of carbonyl (C=O) groups excluding carboxylic acids is 1. The number of hydrogen-bond donors (Lipinski definition) is 2. The van der Waals surface area contributed by atoms with Crippen LogP contribution in [0.1, 0.15) is 20.8 Å². The number of halogens is 1. The molecule has 5 heteroatoms. The fourth-order valence-corrected chi connectivity index (χ4v) is 2.67. The summed E-state index contributed by atoms with van der Waals surface area (Å²) in [4.78, 5) is 12.7. The lowest BCUT2D eigenvalue weighted by molar-refractivity contribution is 0.0958. The van der Waals surface area contributed by atoms with Crippen LogP contribution in [0.5, 0.6) is 0 Å². The van der Waals surface area contributed by atoms with Gasteiger partial charge in [-0.3, -0.25) is 4.79 Å². The van der Waals surface area contributed by atoms with Gasteiger partial charge in [-0.2, -0.15) is 0 Å². The summed E-state index contributed by atoms with van der Waals surface area (Å²) in [6.45, 7) is 0.857. The van der Waals surface area contributed by atoms with Gasteiger partial charge in [-0.15, -0.1) is 11.3 Å². The third-order valence-corrected chi connectivity index (χ3v) is 3.97. The van der Waals surface area contributed by atoms with E-state index in [0.29, 0.717) is 16.4 Å². The smallest absolute Gasteiger partial charge is 0.262 e. The summed E-state index contributed by atoms with van der Waals surface area (Å²) >= 11 is 7.22. The highest BCUT2D eigenvalue weighted by atomic mass is 35.5. The van der Waals surface area contributed by atoms with E-state index in [1.54, 1.807) is 0 Å². The van der Waals surface area contributed by atoms with Crippen LogP contribution in [0.4, 0.5) is 0 Å². The maximum atomic E-state index is 12.1. The SMILES string of the molecule is NCC#Cc1ccsc1C(=O)NCCc1ccc(Cl)cc1. The Bertz CT molecular complexity index is 668. The zero-order chi connectivity index (χ0) is 15.1. The first kappa shape index (κ1) is 15.6. The van der Waals surface area contributed by atoms with E-state index < -0.39 is 0 Å². The van der Waals surface area contributed by atoms with E-state index in [-0.39, 0.29) is 12.5 Å². The normalized spacial score (nSPS) is 9.81. The predicted molar refractivity (Wildman–Crippen MR) is 87.7 cm³/mol.